The molecule has 3 aliphatic rings. The second-order valence-electron chi connectivity index (χ2n) is 4.38. The Labute approximate surface area is 68.2 Å². The molecule has 0 spiro atoms. The van der Waals surface area contributed by atoms with Crippen molar-refractivity contribution in [1.82, 2.24) is 4.90 Å². The number of nitrogens with zero attached hydrogens (tertiary/aromatic N) is 1. The predicted molar refractivity (Wildman–Crippen MR) is 43.1 cm³/mol. The minimum atomic E-state index is 0.876. The van der Waals surface area contributed by atoms with Gasteiger partial charge in [-0.25, -0.2) is 0 Å². The fourth-order valence-electron chi connectivity index (χ4n) is 2.76. The van der Waals surface area contributed by atoms with E-state index in [9.17, 15) is 0 Å². The lowest BCUT2D eigenvalue weighted by Gasteiger charge is -2.33. The van der Waals surface area contributed by atoms with Crippen molar-refractivity contribution in [3.63, 3.8) is 0 Å². The van der Waals surface area contributed by atoms with Crippen LogP contribution in [0.1, 0.15) is 19.3 Å². The molecule has 3 atom stereocenters. The molecule has 2 aliphatic heterocycles. The Balaban J connectivity index is 1.75. The van der Waals surface area contributed by atoms with Crippen LogP contribution >= 0.6 is 0 Å². The number of hydrogen-bond acceptors (Lipinski definition) is 1. The molecule has 2 heterocycles. The summed E-state index contributed by atoms with van der Waals surface area (Å²) >= 11 is 0. The summed E-state index contributed by atoms with van der Waals surface area (Å²) < 4.78 is 0. The number of piperazine rings is 1. The minimum Gasteiger partial charge on any atom is -0.463 e. The molecule has 3 rings (SSSR count). The zero-order valence-corrected chi connectivity index (χ0v) is 6.92. The van der Waals surface area contributed by atoms with E-state index in [2.05, 4.69) is 11.9 Å². The summed E-state index contributed by atoms with van der Waals surface area (Å²) in [5, 5.41) is 0. The third-order valence-electron chi connectivity index (χ3n) is 3.55. The highest BCUT2D eigenvalue weighted by Crippen LogP contribution is 2.34. The van der Waals surface area contributed by atoms with Gasteiger partial charge in [-0.15, -0.1) is 0 Å². The quantitative estimate of drug-likeness (QED) is 0.487. The molecule has 1 aliphatic carbocycles. The number of quaternary nitrogens is 1. The van der Waals surface area contributed by atoms with Crippen molar-refractivity contribution < 1.29 is 4.90 Å². The van der Waals surface area contributed by atoms with Gasteiger partial charge in [-0.2, -0.15) is 7.05 Å². The van der Waals surface area contributed by atoms with Crippen molar-refractivity contribution >= 4 is 0 Å². The number of likely N-dealkylation sites (tertiary alicyclic amines) is 2. The van der Waals surface area contributed by atoms with Gasteiger partial charge in [0, 0.05) is 19.0 Å². The minimum absolute atomic E-state index is 0.876. The number of hydrogen-bond donors (Lipinski definition) is 1. The zero-order valence-electron chi connectivity index (χ0n) is 6.92. The summed E-state index contributed by atoms with van der Waals surface area (Å²) in [7, 11) is 4.12. The van der Waals surface area contributed by atoms with Gasteiger partial charge in [0.1, 0.15) is 0 Å². The first-order valence-corrected chi connectivity index (χ1v) is 4.78. The van der Waals surface area contributed by atoms with Crippen molar-refractivity contribution in [2.24, 2.45) is 0 Å². The van der Waals surface area contributed by atoms with Crippen LogP contribution in [0.25, 0.3) is 0 Å². The average molecular weight is 152 g/mol. The summed E-state index contributed by atoms with van der Waals surface area (Å²) in [5.74, 6) is 0. The normalized spacial score (nSPS) is 50.5. The van der Waals surface area contributed by atoms with E-state index >= 15 is 0 Å². The van der Waals surface area contributed by atoms with Gasteiger partial charge in [-0.1, -0.05) is 0 Å². The van der Waals surface area contributed by atoms with Crippen LogP contribution in [-0.4, -0.2) is 36.1 Å². The van der Waals surface area contributed by atoms with Crippen LogP contribution < -0.4 is 4.90 Å². The maximum atomic E-state index is 4.12. The first-order chi connectivity index (χ1) is 5.34. The Hall–Kier alpha value is -0.0800. The lowest BCUT2D eigenvalue weighted by atomic mass is 10.2. The Morgan fingerprint density at radius 2 is 2.09 bits per heavy atom. The van der Waals surface area contributed by atoms with E-state index in [1.807, 2.05) is 0 Å². The molecule has 62 valence electrons. The highest BCUT2D eigenvalue weighted by atomic mass is 15.4. The van der Waals surface area contributed by atoms with E-state index in [4.69, 9.17) is 0 Å². The largest absolute Gasteiger partial charge is 0.463 e. The molecule has 0 aromatic rings. The molecule has 2 heteroatoms. The summed E-state index contributed by atoms with van der Waals surface area (Å²) in [6.07, 6.45) is 4.36. The van der Waals surface area contributed by atoms with Gasteiger partial charge in [-0.3, -0.25) is 4.90 Å². The predicted octanol–water partition coefficient (Wildman–Crippen LogP) is -0.718. The molecule has 1 saturated carbocycles. The van der Waals surface area contributed by atoms with Crippen LogP contribution in [0.15, 0.2) is 0 Å². The molecule has 0 amide bonds. The van der Waals surface area contributed by atoms with Crippen molar-refractivity contribution in [2.75, 3.05) is 13.1 Å². The Kier molecular flexibility index (Phi) is 1.16. The molecule has 11 heavy (non-hydrogen) atoms. The van der Waals surface area contributed by atoms with E-state index in [1.54, 1.807) is 0 Å². The highest BCUT2D eigenvalue weighted by Gasteiger charge is 2.47. The van der Waals surface area contributed by atoms with Gasteiger partial charge >= 0.3 is 0 Å². The molecule has 0 aromatic carbocycles. The average Bonchev–Trinajstić information content (AvgIpc) is 2.67. The zero-order chi connectivity index (χ0) is 7.42. The smallest absolute Gasteiger partial charge is 0.0782 e. The van der Waals surface area contributed by atoms with E-state index in [0.29, 0.717) is 0 Å². The fourth-order valence-corrected chi connectivity index (χ4v) is 2.76. The summed E-state index contributed by atoms with van der Waals surface area (Å²) in [4.78, 5) is 4.27. The first-order valence-electron chi connectivity index (χ1n) is 4.78. The second-order valence-corrected chi connectivity index (χ2v) is 4.38. The maximum Gasteiger partial charge on any atom is 0.0782 e. The molecule has 2 nitrogen and oxygen atoms in total. The Bertz CT molecular complexity index is 174. The molecule has 2 saturated heterocycles. The van der Waals surface area contributed by atoms with Gasteiger partial charge in [0.15, 0.2) is 0 Å². The third kappa shape index (κ3) is 0.859. The van der Waals surface area contributed by atoms with Crippen molar-refractivity contribution in [3.05, 3.63) is 7.05 Å². The summed E-state index contributed by atoms with van der Waals surface area (Å²) in [5.41, 5.74) is 0. The van der Waals surface area contributed by atoms with Crippen LogP contribution in [0.4, 0.5) is 0 Å². The van der Waals surface area contributed by atoms with Crippen LogP contribution in [-0.2, 0) is 0 Å². The Morgan fingerprint density at radius 3 is 2.55 bits per heavy atom. The molecule has 3 unspecified atom stereocenters. The van der Waals surface area contributed by atoms with Crippen molar-refractivity contribution in [3.8, 4) is 0 Å². The van der Waals surface area contributed by atoms with Gasteiger partial charge in [0.2, 0.25) is 0 Å². The van der Waals surface area contributed by atoms with E-state index < -0.39 is 0 Å². The number of rotatable bonds is 1. The molecule has 0 aromatic heterocycles. The van der Waals surface area contributed by atoms with Crippen LogP contribution in [0.2, 0.25) is 0 Å². The standard InChI is InChI=1S/C9H16N2/c1-10-5-9-4-8(10)6-11(9)7-2-3-7/h7-10H,1-6H2. The van der Waals surface area contributed by atoms with E-state index in [0.717, 1.165) is 18.1 Å². The third-order valence-corrected chi connectivity index (χ3v) is 3.55. The van der Waals surface area contributed by atoms with Crippen LogP contribution in [0.3, 0.4) is 0 Å². The Morgan fingerprint density at radius 1 is 1.27 bits per heavy atom. The number of nitrogens with one attached hydrogen (secondary N) is 1. The van der Waals surface area contributed by atoms with Gasteiger partial charge in [0.25, 0.3) is 0 Å². The monoisotopic (exact) mass is 152 g/mol. The molecular weight excluding hydrogens is 136 g/mol. The maximum absolute atomic E-state index is 4.12. The molecule has 2 bridgehead atoms. The second kappa shape index (κ2) is 1.99. The van der Waals surface area contributed by atoms with Crippen LogP contribution in [0, 0.1) is 7.05 Å². The lowest BCUT2D eigenvalue weighted by Crippen LogP contribution is -3.11. The summed E-state index contributed by atoms with van der Waals surface area (Å²) in [6, 6.07) is 2.76. The number of fused-ring (bicyclic) bond motifs is 2. The van der Waals surface area contributed by atoms with Gasteiger partial charge < -0.3 is 4.90 Å². The molecular formula is C9H16N2. The molecule has 0 radical (unpaired) electrons. The molecule has 1 N–H and O–H groups in total. The first kappa shape index (κ1) is 6.44. The lowest BCUT2D eigenvalue weighted by molar-refractivity contribution is -0.871. The highest BCUT2D eigenvalue weighted by molar-refractivity contribution is 4.97. The van der Waals surface area contributed by atoms with Crippen molar-refractivity contribution in [2.45, 2.75) is 37.4 Å². The van der Waals surface area contributed by atoms with Crippen LogP contribution in [0.5, 0.6) is 0 Å². The fraction of sp³-hybridized carbons (Fsp3) is 0.889. The van der Waals surface area contributed by atoms with Gasteiger partial charge in [0.05, 0.1) is 18.6 Å². The molecule has 3 fully saturated rings. The van der Waals surface area contributed by atoms with Gasteiger partial charge in [-0.05, 0) is 12.8 Å². The SMILES string of the molecule is [CH2-][NH+]1CC2CC1CN2C1CC1. The topological polar surface area (TPSA) is 7.68 Å². The van der Waals surface area contributed by atoms with E-state index in [1.165, 1.54) is 37.3 Å². The summed E-state index contributed by atoms with van der Waals surface area (Å²) in [6.45, 7) is 2.65. The van der Waals surface area contributed by atoms with Crippen molar-refractivity contribution in [1.29, 1.82) is 0 Å². The van der Waals surface area contributed by atoms with E-state index in [-0.39, 0.29) is 0 Å².